The molecule has 0 bridgehead atoms. The second kappa shape index (κ2) is 15.5. The molecule has 4 aliphatic rings. The molecule has 0 amide bonds. The normalized spacial score (nSPS) is 14.0. The summed E-state index contributed by atoms with van der Waals surface area (Å²) in [4.78, 5) is 11.5. The van der Waals surface area contributed by atoms with E-state index in [2.05, 4.69) is 242 Å². The molecule has 346 valence electrons. The van der Waals surface area contributed by atoms with Crippen LogP contribution in [-0.4, -0.2) is 9.97 Å². The second-order valence-corrected chi connectivity index (χ2v) is 22.8. The van der Waals surface area contributed by atoms with Crippen molar-refractivity contribution in [3.8, 4) is 98.8 Å². The van der Waals surface area contributed by atoms with Gasteiger partial charge in [-0.1, -0.05) is 194 Å². The smallest absolute Gasteiger partial charge is 0.0900 e. The van der Waals surface area contributed by atoms with E-state index in [4.69, 9.17) is 0 Å². The highest BCUT2D eigenvalue weighted by molar-refractivity contribution is 7.15. The zero-order valence-electron chi connectivity index (χ0n) is 40.7. The molecule has 4 aliphatic carbocycles. The van der Waals surface area contributed by atoms with Crippen LogP contribution in [0.4, 0.5) is 0 Å². The molecular weight excluding hydrogens is 933 g/mol. The summed E-state index contributed by atoms with van der Waals surface area (Å²) in [5.41, 5.74) is 29.8. The number of hydrogen-bond acceptors (Lipinski definition) is 4. The Balaban J connectivity index is 0.876. The van der Waals surface area contributed by atoms with Gasteiger partial charge in [-0.3, -0.25) is 0 Å². The van der Waals surface area contributed by atoms with E-state index in [0.29, 0.717) is 0 Å². The van der Waals surface area contributed by atoms with Gasteiger partial charge in [0.05, 0.1) is 30.6 Å². The van der Waals surface area contributed by atoms with Crippen molar-refractivity contribution in [1.29, 1.82) is 0 Å². The fourth-order valence-electron chi connectivity index (χ4n) is 13.6. The van der Waals surface area contributed by atoms with Crippen molar-refractivity contribution < 1.29 is 0 Å². The molecule has 4 heteroatoms. The second-order valence-electron chi connectivity index (χ2n) is 20.4. The molecule has 0 unspecified atom stereocenters. The van der Waals surface area contributed by atoms with Crippen LogP contribution < -0.4 is 0 Å². The first-order valence-electron chi connectivity index (χ1n) is 25.5. The lowest BCUT2D eigenvalue weighted by Gasteiger charge is -2.31. The third-order valence-electron chi connectivity index (χ3n) is 16.8. The van der Waals surface area contributed by atoms with Crippen molar-refractivity contribution in [2.45, 2.75) is 24.7 Å². The third-order valence-corrected chi connectivity index (χ3v) is 18.7. The molecule has 0 saturated carbocycles. The predicted octanol–water partition coefficient (Wildman–Crippen LogP) is 18.2. The Bertz CT molecular complexity index is 3970. The van der Waals surface area contributed by atoms with E-state index in [9.17, 15) is 0 Å². The first-order valence-corrected chi connectivity index (χ1v) is 27.1. The van der Waals surface area contributed by atoms with Crippen molar-refractivity contribution >= 4 is 22.7 Å². The van der Waals surface area contributed by atoms with Gasteiger partial charge in [-0.15, -0.1) is 22.7 Å². The van der Waals surface area contributed by atoms with E-state index in [1.807, 2.05) is 12.4 Å². The number of rotatable bonds is 5. The van der Waals surface area contributed by atoms with E-state index in [-0.39, 0.29) is 0 Å². The average Bonchev–Trinajstić information content (AvgIpc) is 4.46. The predicted molar refractivity (Wildman–Crippen MR) is 307 cm³/mol. The van der Waals surface area contributed by atoms with Crippen LogP contribution in [0.1, 0.15) is 54.5 Å². The van der Waals surface area contributed by atoms with E-state index in [1.54, 1.807) is 22.7 Å². The SMILES string of the molecule is Cc1ncc(-c2ccc(-c3ccc4c(c3)C3(c5ccccc5-c5ccccc53)c3cc(-c5ccc6c(c5)C5(c7ccccc7-c7ccccc75)c5cc(-c7ccc(-c8cnc(C)s8)cc7)ccc5-6)ccc3-4)cc2)s1. The average molecular weight is 977 g/mol. The Labute approximate surface area is 438 Å². The van der Waals surface area contributed by atoms with Crippen LogP contribution in [0.2, 0.25) is 0 Å². The number of thiazole rings is 2. The van der Waals surface area contributed by atoms with Gasteiger partial charge in [0.25, 0.3) is 0 Å². The van der Waals surface area contributed by atoms with Crippen LogP contribution >= 0.6 is 22.7 Å². The molecular formula is C70H44N2S2. The highest BCUT2D eigenvalue weighted by Crippen LogP contribution is 2.66. The first-order chi connectivity index (χ1) is 36.5. The number of fused-ring (bicyclic) bond motifs is 20. The fraction of sp³-hybridized carbons (Fsp3) is 0.0571. The molecule has 0 atom stereocenters. The number of aryl methyl sites for hydroxylation is 2. The van der Waals surface area contributed by atoms with Gasteiger partial charge in [0.2, 0.25) is 0 Å². The van der Waals surface area contributed by atoms with Gasteiger partial charge in [-0.05, 0) is 172 Å². The third kappa shape index (κ3) is 5.64. The zero-order chi connectivity index (χ0) is 48.9. The van der Waals surface area contributed by atoms with Gasteiger partial charge in [0.1, 0.15) is 0 Å². The van der Waals surface area contributed by atoms with Crippen molar-refractivity contribution in [2.24, 2.45) is 0 Å². The topological polar surface area (TPSA) is 25.8 Å². The van der Waals surface area contributed by atoms with Crippen molar-refractivity contribution in [3.05, 3.63) is 285 Å². The molecule has 2 aromatic heterocycles. The van der Waals surface area contributed by atoms with Crippen LogP contribution in [0.5, 0.6) is 0 Å². The minimum Gasteiger partial charge on any atom is -0.249 e. The summed E-state index contributed by atoms with van der Waals surface area (Å²) in [5.74, 6) is 0. The lowest BCUT2D eigenvalue weighted by molar-refractivity contribution is 0.793. The van der Waals surface area contributed by atoms with Crippen LogP contribution in [0, 0.1) is 13.8 Å². The Hall–Kier alpha value is -8.54. The molecule has 74 heavy (non-hydrogen) atoms. The number of nitrogens with zero attached hydrogens (tertiary/aromatic N) is 2. The van der Waals surface area contributed by atoms with Crippen molar-refractivity contribution in [3.63, 3.8) is 0 Å². The minimum absolute atomic E-state index is 0.504. The van der Waals surface area contributed by atoms with Gasteiger partial charge in [-0.2, -0.15) is 0 Å². The van der Waals surface area contributed by atoms with Crippen molar-refractivity contribution in [1.82, 2.24) is 9.97 Å². The standard InChI is InChI=1S/C70H44N2S2/c1-41-71-39-67(73-41)45-23-19-43(20-24-45)47-27-31-55-57-33-29-49(37-65(57)69(63(55)35-47)59-15-7-3-11-51(59)52-12-4-8-16-60(52)69)50-30-34-58-56-32-28-48(44-21-25-46(26-22-44)68-40-72-42(2)74-68)36-64(56)70(66(58)38-50)61-17-9-5-13-53(61)54-14-6-10-18-62(54)70/h3-40H,1-2H3. The summed E-state index contributed by atoms with van der Waals surface area (Å²) in [6, 6.07) is 83.8. The molecule has 16 rings (SSSR count). The summed E-state index contributed by atoms with van der Waals surface area (Å²) < 4.78 is 0. The van der Waals surface area contributed by atoms with Gasteiger partial charge < -0.3 is 0 Å². The molecule has 0 fully saturated rings. The molecule has 0 saturated heterocycles. The molecule has 0 N–H and O–H groups in total. The lowest BCUT2D eigenvalue weighted by Crippen LogP contribution is -2.26. The lowest BCUT2D eigenvalue weighted by atomic mass is 9.69. The van der Waals surface area contributed by atoms with Gasteiger partial charge in [0.15, 0.2) is 0 Å². The largest absolute Gasteiger partial charge is 0.249 e. The van der Waals surface area contributed by atoms with Crippen LogP contribution in [0.3, 0.4) is 0 Å². The summed E-state index contributed by atoms with van der Waals surface area (Å²) >= 11 is 3.48. The number of hydrogen-bond donors (Lipinski definition) is 0. The first kappa shape index (κ1) is 42.0. The maximum Gasteiger partial charge on any atom is 0.0900 e. The Kier molecular flexibility index (Phi) is 8.79. The number of benzene rings is 10. The summed E-state index contributed by atoms with van der Waals surface area (Å²) in [5, 5.41) is 2.16. The molecule has 12 aromatic rings. The Morgan fingerprint density at radius 3 is 0.784 bits per heavy atom. The maximum atomic E-state index is 4.53. The fourth-order valence-corrected chi connectivity index (χ4v) is 15.2. The van der Waals surface area contributed by atoms with E-state index >= 15 is 0 Å². The molecule has 2 heterocycles. The van der Waals surface area contributed by atoms with Gasteiger partial charge in [-0.25, -0.2) is 9.97 Å². The molecule has 2 nitrogen and oxygen atoms in total. The highest BCUT2D eigenvalue weighted by atomic mass is 32.1. The number of aromatic nitrogens is 2. The molecule has 0 radical (unpaired) electrons. The highest BCUT2D eigenvalue weighted by Gasteiger charge is 2.53. The van der Waals surface area contributed by atoms with Crippen LogP contribution in [-0.2, 0) is 10.8 Å². The molecule has 2 spiro atoms. The Morgan fingerprint density at radius 1 is 0.257 bits per heavy atom. The Morgan fingerprint density at radius 2 is 0.500 bits per heavy atom. The van der Waals surface area contributed by atoms with E-state index in [1.165, 1.54) is 143 Å². The van der Waals surface area contributed by atoms with Crippen LogP contribution in [0.15, 0.2) is 231 Å². The van der Waals surface area contributed by atoms with E-state index in [0.717, 1.165) is 10.0 Å². The summed E-state index contributed by atoms with van der Waals surface area (Å²) in [6.45, 7) is 4.14. The van der Waals surface area contributed by atoms with Crippen molar-refractivity contribution in [2.75, 3.05) is 0 Å². The minimum atomic E-state index is -0.504. The monoisotopic (exact) mass is 976 g/mol. The quantitative estimate of drug-likeness (QED) is 0.172. The molecule has 0 aliphatic heterocycles. The van der Waals surface area contributed by atoms with Gasteiger partial charge in [0, 0.05) is 12.4 Å². The summed E-state index contributed by atoms with van der Waals surface area (Å²) in [6.07, 6.45) is 3.98. The maximum absolute atomic E-state index is 4.53. The van der Waals surface area contributed by atoms with E-state index < -0.39 is 10.8 Å². The van der Waals surface area contributed by atoms with Crippen LogP contribution in [0.25, 0.3) is 98.8 Å². The zero-order valence-corrected chi connectivity index (χ0v) is 42.3. The van der Waals surface area contributed by atoms with Gasteiger partial charge >= 0.3 is 0 Å². The molecule has 10 aromatic carbocycles. The summed E-state index contributed by atoms with van der Waals surface area (Å²) in [7, 11) is 0.